The topological polar surface area (TPSA) is 72.2 Å². The summed E-state index contributed by atoms with van der Waals surface area (Å²) in [5.41, 5.74) is 4.19. The molecule has 1 aromatic carbocycles. The molecule has 1 atom stereocenters. The number of amides is 1. The highest BCUT2D eigenvalue weighted by atomic mass is 16.1. The predicted molar refractivity (Wildman–Crippen MR) is 96.4 cm³/mol. The summed E-state index contributed by atoms with van der Waals surface area (Å²) < 4.78 is 1.72. The maximum atomic E-state index is 12.2. The third-order valence-corrected chi connectivity index (χ3v) is 4.56. The van der Waals surface area contributed by atoms with Crippen molar-refractivity contribution >= 4 is 11.7 Å². The van der Waals surface area contributed by atoms with Crippen molar-refractivity contribution in [1.82, 2.24) is 24.9 Å². The number of hydrogen-bond acceptors (Lipinski definition) is 4. The fraction of sp³-hybridized carbons (Fsp3) is 0.368. The molecule has 1 amide bonds. The predicted octanol–water partition coefficient (Wildman–Crippen LogP) is 2.59. The SMILES string of the molecule is Cc1nc2ncnn2c(C)c1CCC(=O)NCC(C)c1ccccc1. The average molecular weight is 337 g/mol. The highest BCUT2D eigenvalue weighted by Gasteiger charge is 2.13. The maximum Gasteiger partial charge on any atom is 0.252 e. The molecule has 3 rings (SSSR count). The monoisotopic (exact) mass is 337 g/mol. The van der Waals surface area contributed by atoms with Crippen LogP contribution in [-0.4, -0.2) is 32.0 Å². The number of aryl methyl sites for hydroxylation is 2. The molecule has 1 N–H and O–H groups in total. The van der Waals surface area contributed by atoms with Crippen LogP contribution < -0.4 is 5.32 Å². The van der Waals surface area contributed by atoms with E-state index in [2.05, 4.69) is 39.4 Å². The first-order chi connectivity index (χ1) is 12.1. The summed E-state index contributed by atoms with van der Waals surface area (Å²) in [7, 11) is 0. The van der Waals surface area contributed by atoms with Crippen molar-refractivity contribution in [3.05, 3.63) is 59.2 Å². The Morgan fingerprint density at radius 2 is 2.00 bits per heavy atom. The summed E-state index contributed by atoms with van der Waals surface area (Å²) in [6, 6.07) is 10.2. The van der Waals surface area contributed by atoms with Crippen molar-refractivity contribution in [3.63, 3.8) is 0 Å². The number of fused-ring (bicyclic) bond motifs is 1. The summed E-state index contributed by atoms with van der Waals surface area (Å²) in [6.45, 7) is 6.70. The van der Waals surface area contributed by atoms with Crippen molar-refractivity contribution in [2.75, 3.05) is 6.54 Å². The van der Waals surface area contributed by atoms with Gasteiger partial charge in [-0.05, 0) is 37.3 Å². The molecule has 0 bridgehead atoms. The minimum Gasteiger partial charge on any atom is -0.355 e. The standard InChI is InChI=1S/C19H23N5O/c1-13(16-7-5-4-6-8-16)11-20-18(25)10-9-17-14(2)23-19-21-12-22-24(19)15(17)3/h4-8,12-13H,9-11H2,1-3H3,(H,20,25). The summed E-state index contributed by atoms with van der Waals surface area (Å²) >= 11 is 0. The van der Waals surface area contributed by atoms with E-state index in [1.165, 1.54) is 11.9 Å². The highest BCUT2D eigenvalue weighted by molar-refractivity contribution is 5.76. The van der Waals surface area contributed by atoms with Crippen molar-refractivity contribution in [2.24, 2.45) is 0 Å². The lowest BCUT2D eigenvalue weighted by Crippen LogP contribution is -2.27. The number of carbonyl (C=O) groups is 1. The normalized spacial score (nSPS) is 12.3. The van der Waals surface area contributed by atoms with E-state index in [0.717, 1.165) is 17.0 Å². The molecule has 0 spiro atoms. The highest BCUT2D eigenvalue weighted by Crippen LogP contribution is 2.16. The number of benzene rings is 1. The molecule has 0 saturated heterocycles. The van der Waals surface area contributed by atoms with Crippen LogP contribution in [0.2, 0.25) is 0 Å². The van der Waals surface area contributed by atoms with Gasteiger partial charge in [0.05, 0.1) is 0 Å². The van der Waals surface area contributed by atoms with Gasteiger partial charge < -0.3 is 5.32 Å². The van der Waals surface area contributed by atoms with Gasteiger partial charge in [0.2, 0.25) is 5.91 Å². The van der Waals surface area contributed by atoms with Gasteiger partial charge in [-0.15, -0.1) is 0 Å². The van der Waals surface area contributed by atoms with Crippen LogP contribution in [-0.2, 0) is 11.2 Å². The van der Waals surface area contributed by atoms with Crippen LogP contribution in [0.25, 0.3) is 5.78 Å². The number of nitrogens with one attached hydrogen (secondary N) is 1. The minimum absolute atomic E-state index is 0.0558. The largest absolute Gasteiger partial charge is 0.355 e. The van der Waals surface area contributed by atoms with E-state index in [9.17, 15) is 4.79 Å². The summed E-state index contributed by atoms with van der Waals surface area (Å²) in [5, 5.41) is 7.21. The van der Waals surface area contributed by atoms with Gasteiger partial charge in [0, 0.05) is 24.4 Å². The van der Waals surface area contributed by atoms with E-state index in [1.807, 2.05) is 32.0 Å². The molecular weight excluding hydrogens is 314 g/mol. The number of rotatable bonds is 6. The third-order valence-electron chi connectivity index (χ3n) is 4.56. The second kappa shape index (κ2) is 7.42. The molecular formula is C19H23N5O. The Balaban J connectivity index is 1.57. The first kappa shape index (κ1) is 17.1. The Morgan fingerprint density at radius 3 is 2.76 bits per heavy atom. The van der Waals surface area contributed by atoms with Crippen molar-refractivity contribution in [2.45, 2.75) is 39.5 Å². The van der Waals surface area contributed by atoms with Crippen molar-refractivity contribution < 1.29 is 4.79 Å². The molecule has 25 heavy (non-hydrogen) atoms. The van der Waals surface area contributed by atoms with Crippen LogP contribution in [0.15, 0.2) is 36.7 Å². The molecule has 0 aliphatic rings. The maximum absolute atomic E-state index is 12.2. The van der Waals surface area contributed by atoms with Gasteiger partial charge in [0.25, 0.3) is 5.78 Å². The van der Waals surface area contributed by atoms with Gasteiger partial charge in [-0.25, -0.2) is 9.50 Å². The van der Waals surface area contributed by atoms with Crippen LogP contribution in [0.5, 0.6) is 0 Å². The quantitative estimate of drug-likeness (QED) is 0.750. The summed E-state index contributed by atoms with van der Waals surface area (Å²) in [6.07, 6.45) is 2.58. The summed E-state index contributed by atoms with van der Waals surface area (Å²) in [4.78, 5) is 20.8. The summed E-state index contributed by atoms with van der Waals surface area (Å²) in [5.74, 6) is 0.946. The Hall–Kier alpha value is -2.76. The fourth-order valence-corrected chi connectivity index (χ4v) is 3.01. The zero-order valence-corrected chi connectivity index (χ0v) is 14.9. The lowest BCUT2D eigenvalue weighted by molar-refractivity contribution is -0.121. The molecule has 6 nitrogen and oxygen atoms in total. The zero-order valence-electron chi connectivity index (χ0n) is 14.9. The van der Waals surface area contributed by atoms with E-state index in [-0.39, 0.29) is 5.91 Å². The Kier molecular flexibility index (Phi) is 5.07. The van der Waals surface area contributed by atoms with E-state index in [4.69, 9.17) is 0 Å². The average Bonchev–Trinajstić information content (AvgIpc) is 3.08. The van der Waals surface area contributed by atoms with Crippen LogP contribution in [0.3, 0.4) is 0 Å². The van der Waals surface area contributed by atoms with E-state index >= 15 is 0 Å². The van der Waals surface area contributed by atoms with Crippen LogP contribution >= 0.6 is 0 Å². The molecule has 0 aliphatic carbocycles. The van der Waals surface area contributed by atoms with Gasteiger partial charge in [-0.2, -0.15) is 10.1 Å². The van der Waals surface area contributed by atoms with E-state index in [1.54, 1.807) is 4.52 Å². The first-order valence-electron chi connectivity index (χ1n) is 8.53. The van der Waals surface area contributed by atoms with Gasteiger partial charge in [0.15, 0.2) is 0 Å². The molecule has 0 radical (unpaired) electrons. The second-order valence-electron chi connectivity index (χ2n) is 6.35. The molecule has 6 heteroatoms. The zero-order chi connectivity index (χ0) is 17.8. The van der Waals surface area contributed by atoms with E-state index < -0.39 is 0 Å². The van der Waals surface area contributed by atoms with Crippen LogP contribution in [0, 0.1) is 13.8 Å². The number of carbonyl (C=O) groups excluding carboxylic acids is 1. The number of nitrogens with zero attached hydrogens (tertiary/aromatic N) is 4. The minimum atomic E-state index is 0.0558. The van der Waals surface area contributed by atoms with Crippen LogP contribution in [0.4, 0.5) is 0 Å². The van der Waals surface area contributed by atoms with Crippen molar-refractivity contribution in [3.8, 4) is 0 Å². The Bertz CT molecular complexity index is 872. The lowest BCUT2D eigenvalue weighted by atomic mass is 10.0. The molecule has 1 unspecified atom stereocenters. The third kappa shape index (κ3) is 3.84. The van der Waals surface area contributed by atoms with Gasteiger partial charge in [0.1, 0.15) is 6.33 Å². The number of hydrogen-bond donors (Lipinski definition) is 1. The molecule has 2 aromatic heterocycles. The van der Waals surface area contributed by atoms with Crippen molar-refractivity contribution in [1.29, 1.82) is 0 Å². The Morgan fingerprint density at radius 1 is 1.24 bits per heavy atom. The molecule has 3 aromatic rings. The first-order valence-corrected chi connectivity index (χ1v) is 8.53. The molecule has 130 valence electrons. The molecule has 0 aliphatic heterocycles. The fourth-order valence-electron chi connectivity index (χ4n) is 3.01. The number of aromatic nitrogens is 4. The smallest absolute Gasteiger partial charge is 0.252 e. The van der Waals surface area contributed by atoms with Gasteiger partial charge in [-0.3, -0.25) is 4.79 Å². The van der Waals surface area contributed by atoms with Crippen LogP contribution in [0.1, 0.15) is 41.8 Å². The molecule has 0 saturated carbocycles. The van der Waals surface area contributed by atoms with Gasteiger partial charge in [-0.1, -0.05) is 37.3 Å². The van der Waals surface area contributed by atoms with E-state index in [0.29, 0.717) is 31.1 Å². The lowest BCUT2D eigenvalue weighted by Gasteiger charge is -2.14. The Labute approximate surface area is 147 Å². The molecule has 2 heterocycles. The molecule has 0 fully saturated rings. The second-order valence-corrected chi connectivity index (χ2v) is 6.35. The van der Waals surface area contributed by atoms with Gasteiger partial charge >= 0.3 is 0 Å².